The van der Waals surface area contributed by atoms with E-state index in [2.05, 4.69) is 41.5 Å². The van der Waals surface area contributed by atoms with Gasteiger partial charge in [-0.2, -0.15) is 0 Å². The van der Waals surface area contributed by atoms with Crippen LogP contribution in [-0.2, 0) is 4.74 Å². The molecule has 0 radical (unpaired) electrons. The van der Waals surface area contributed by atoms with Gasteiger partial charge in [0, 0.05) is 0 Å². The van der Waals surface area contributed by atoms with Gasteiger partial charge in [-0.15, -0.1) is 0 Å². The van der Waals surface area contributed by atoms with E-state index in [0.717, 1.165) is 12.3 Å². The molecule has 0 N–H and O–H groups in total. The van der Waals surface area contributed by atoms with E-state index in [0.29, 0.717) is 30.0 Å². The summed E-state index contributed by atoms with van der Waals surface area (Å²) in [6, 6.07) is 0. The van der Waals surface area contributed by atoms with Crippen molar-refractivity contribution in [1.29, 1.82) is 0 Å². The molecule has 3 unspecified atom stereocenters. The minimum Gasteiger partial charge on any atom is -0.374 e. The predicted molar refractivity (Wildman–Crippen MR) is 61.3 cm³/mol. The van der Waals surface area contributed by atoms with Gasteiger partial charge in [-0.3, -0.25) is 0 Å². The van der Waals surface area contributed by atoms with Crippen LogP contribution in [0.2, 0.25) is 0 Å². The summed E-state index contributed by atoms with van der Waals surface area (Å²) in [7, 11) is 0. The lowest BCUT2D eigenvalue weighted by Crippen LogP contribution is -2.46. The molecule has 0 aromatic rings. The van der Waals surface area contributed by atoms with Crippen LogP contribution in [-0.4, -0.2) is 12.2 Å². The van der Waals surface area contributed by atoms with Crippen molar-refractivity contribution in [3.05, 3.63) is 0 Å². The summed E-state index contributed by atoms with van der Waals surface area (Å²) < 4.78 is 6.19. The van der Waals surface area contributed by atoms with Crippen LogP contribution >= 0.6 is 0 Å². The minimum atomic E-state index is 0.464. The van der Waals surface area contributed by atoms with Crippen molar-refractivity contribution in [2.75, 3.05) is 0 Å². The Morgan fingerprint density at radius 1 is 1.00 bits per heavy atom. The van der Waals surface area contributed by atoms with Gasteiger partial charge in [0.15, 0.2) is 0 Å². The molecule has 1 aliphatic heterocycles. The Labute approximate surface area is 89.2 Å². The maximum Gasteiger partial charge on any atom is 0.0630 e. The molecule has 0 amide bonds. The summed E-state index contributed by atoms with van der Waals surface area (Å²) >= 11 is 0. The summed E-state index contributed by atoms with van der Waals surface area (Å²) in [5.74, 6) is 2.85. The van der Waals surface area contributed by atoms with Gasteiger partial charge in [0.25, 0.3) is 0 Å². The monoisotopic (exact) mass is 198 g/mol. The first-order valence-corrected chi connectivity index (χ1v) is 6.14. The van der Waals surface area contributed by atoms with E-state index in [-0.39, 0.29) is 0 Å². The highest BCUT2D eigenvalue weighted by molar-refractivity contribution is 4.86. The van der Waals surface area contributed by atoms with Gasteiger partial charge in [-0.1, -0.05) is 41.5 Å². The minimum absolute atomic E-state index is 0.464. The Balaban J connectivity index is 2.73. The van der Waals surface area contributed by atoms with E-state index in [4.69, 9.17) is 4.74 Å². The van der Waals surface area contributed by atoms with Crippen LogP contribution in [0.5, 0.6) is 0 Å². The predicted octanol–water partition coefficient (Wildman–Crippen LogP) is 3.73. The van der Waals surface area contributed by atoms with Gasteiger partial charge >= 0.3 is 0 Å². The summed E-state index contributed by atoms with van der Waals surface area (Å²) in [5, 5.41) is 0. The number of rotatable bonds is 2. The number of hydrogen-bond donors (Lipinski definition) is 0. The summed E-state index contributed by atoms with van der Waals surface area (Å²) in [4.78, 5) is 0. The molecule has 0 bridgehead atoms. The summed E-state index contributed by atoms with van der Waals surface area (Å²) in [5.41, 5.74) is 0. The highest BCUT2D eigenvalue weighted by Crippen LogP contribution is 2.38. The van der Waals surface area contributed by atoms with Gasteiger partial charge in [0.1, 0.15) is 0 Å². The van der Waals surface area contributed by atoms with Gasteiger partial charge in [-0.05, 0) is 30.1 Å². The molecule has 0 saturated carbocycles. The lowest BCUT2D eigenvalue weighted by atomic mass is 9.73. The van der Waals surface area contributed by atoms with Crippen molar-refractivity contribution < 1.29 is 4.74 Å². The van der Waals surface area contributed by atoms with E-state index in [1.54, 1.807) is 0 Å². The van der Waals surface area contributed by atoms with Crippen molar-refractivity contribution in [3.8, 4) is 0 Å². The van der Waals surface area contributed by atoms with E-state index in [1.807, 2.05) is 0 Å². The zero-order valence-electron chi connectivity index (χ0n) is 10.6. The van der Waals surface area contributed by atoms with E-state index < -0.39 is 0 Å². The third kappa shape index (κ3) is 2.13. The maximum absolute atomic E-state index is 6.19. The molecule has 1 fully saturated rings. The first kappa shape index (κ1) is 12.0. The molecule has 0 aromatic carbocycles. The smallest absolute Gasteiger partial charge is 0.0630 e. The van der Waals surface area contributed by atoms with Gasteiger partial charge in [0.2, 0.25) is 0 Å². The fourth-order valence-electron chi connectivity index (χ4n) is 2.80. The lowest BCUT2D eigenvalue weighted by molar-refractivity contribution is -0.149. The molecule has 0 aromatic heterocycles. The zero-order chi connectivity index (χ0) is 10.9. The Bertz CT molecular complexity index is 174. The Morgan fingerprint density at radius 3 is 2.00 bits per heavy atom. The highest BCUT2D eigenvalue weighted by atomic mass is 16.5. The van der Waals surface area contributed by atoms with Crippen LogP contribution < -0.4 is 0 Å². The standard InChI is InChI=1S/C13H26O/c1-7-12-10(5)9(4)11(6)13(14-12)8(2)3/h8-13H,7H2,1-6H3/t9?,10-,11-,12?,13?/m0/s1. The van der Waals surface area contributed by atoms with Crippen molar-refractivity contribution in [2.24, 2.45) is 23.7 Å². The van der Waals surface area contributed by atoms with Gasteiger partial charge in [-0.25, -0.2) is 0 Å². The molecule has 1 nitrogen and oxygen atoms in total. The van der Waals surface area contributed by atoms with E-state index in [9.17, 15) is 0 Å². The zero-order valence-corrected chi connectivity index (χ0v) is 10.6. The van der Waals surface area contributed by atoms with Gasteiger partial charge in [0.05, 0.1) is 12.2 Å². The topological polar surface area (TPSA) is 9.23 Å². The molecule has 1 heterocycles. The third-order valence-electron chi connectivity index (χ3n) is 4.15. The molecule has 0 aliphatic carbocycles. The van der Waals surface area contributed by atoms with Crippen molar-refractivity contribution in [2.45, 2.75) is 60.2 Å². The molecule has 1 saturated heterocycles. The third-order valence-corrected chi connectivity index (χ3v) is 4.15. The van der Waals surface area contributed by atoms with Crippen LogP contribution in [0.25, 0.3) is 0 Å². The van der Waals surface area contributed by atoms with Crippen molar-refractivity contribution >= 4 is 0 Å². The normalized spacial score (nSPS) is 44.4. The second kappa shape index (κ2) is 4.65. The quantitative estimate of drug-likeness (QED) is 0.657. The first-order valence-electron chi connectivity index (χ1n) is 6.14. The average molecular weight is 198 g/mol. The highest BCUT2D eigenvalue weighted by Gasteiger charge is 2.39. The van der Waals surface area contributed by atoms with E-state index in [1.165, 1.54) is 0 Å². The lowest BCUT2D eigenvalue weighted by Gasteiger charge is -2.45. The number of ether oxygens (including phenoxy) is 1. The van der Waals surface area contributed by atoms with Crippen LogP contribution in [0.15, 0.2) is 0 Å². The van der Waals surface area contributed by atoms with Crippen LogP contribution in [0.1, 0.15) is 48.0 Å². The first-order chi connectivity index (χ1) is 6.49. The largest absolute Gasteiger partial charge is 0.374 e. The Morgan fingerprint density at radius 2 is 1.57 bits per heavy atom. The summed E-state index contributed by atoms with van der Waals surface area (Å²) in [6.07, 6.45) is 2.10. The molecule has 1 aliphatic rings. The fourth-order valence-corrected chi connectivity index (χ4v) is 2.80. The molecule has 0 spiro atoms. The van der Waals surface area contributed by atoms with Crippen molar-refractivity contribution in [3.63, 3.8) is 0 Å². The Kier molecular flexibility index (Phi) is 4.00. The molecule has 5 atom stereocenters. The average Bonchev–Trinajstić information content (AvgIpc) is 2.14. The van der Waals surface area contributed by atoms with Crippen LogP contribution in [0, 0.1) is 23.7 Å². The molecule has 1 heteroatoms. The fraction of sp³-hybridized carbons (Fsp3) is 1.00. The summed E-state index contributed by atoms with van der Waals surface area (Å²) in [6.45, 7) is 13.9. The second-order valence-corrected chi connectivity index (χ2v) is 5.37. The van der Waals surface area contributed by atoms with Crippen LogP contribution in [0.4, 0.5) is 0 Å². The van der Waals surface area contributed by atoms with Crippen LogP contribution in [0.3, 0.4) is 0 Å². The second-order valence-electron chi connectivity index (χ2n) is 5.37. The molecule has 84 valence electrons. The molecular weight excluding hydrogens is 172 g/mol. The SMILES string of the molecule is CCC1OC(C(C)C)[C@@H](C)C(C)[C@@H]1C. The molecule has 14 heavy (non-hydrogen) atoms. The Hall–Kier alpha value is -0.0400. The van der Waals surface area contributed by atoms with Crippen molar-refractivity contribution in [1.82, 2.24) is 0 Å². The maximum atomic E-state index is 6.19. The van der Waals surface area contributed by atoms with Gasteiger partial charge < -0.3 is 4.74 Å². The molecular formula is C13H26O. The number of hydrogen-bond acceptors (Lipinski definition) is 1. The molecule has 1 rings (SSSR count). The van der Waals surface area contributed by atoms with E-state index >= 15 is 0 Å².